The first-order chi connectivity index (χ1) is 8.97. The highest BCUT2D eigenvalue weighted by atomic mass is 32.1. The summed E-state index contributed by atoms with van der Waals surface area (Å²) in [6.45, 7) is 6.70. The van der Waals surface area contributed by atoms with Gasteiger partial charge >= 0.3 is 0 Å². The molecule has 5 heteroatoms. The Morgan fingerprint density at radius 3 is 2.58 bits per heavy atom. The fourth-order valence-electron chi connectivity index (χ4n) is 1.87. The zero-order valence-corrected chi connectivity index (χ0v) is 12.0. The third-order valence-corrected chi connectivity index (χ3v) is 4.17. The summed E-state index contributed by atoms with van der Waals surface area (Å²) in [4.78, 5) is 13.1. The summed E-state index contributed by atoms with van der Waals surface area (Å²) in [7, 11) is 0. The third-order valence-electron chi connectivity index (χ3n) is 3.02. The van der Waals surface area contributed by atoms with Gasteiger partial charge in [-0.25, -0.2) is 0 Å². The Morgan fingerprint density at radius 1 is 1.26 bits per heavy atom. The van der Waals surface area contributed by atoms with Crippen LogP contribution in [0, 0.1) is 30.9 Å². The Bertz CT molecular complexity index is 600. The molecule has 0 aliphatic rings. The molecule has 1 aromatic carbocycles. The maximum atomic E-state index is 11.0. The van der Waals surface area contributed by atoms with Gasteiger partial charge in [0.05, 0.1) is 4.92 Å². The average Bonchev–Trinajstić information content (AvgIpc) is 2.66. The van der Waals surface area contributed by atoms with E-state index in [9.17, 15) is 10.1 Å². The van der Waals surface area contributed by atoms with E-state index in [1.807, 2.05) is 13.0 Å². The average molecular weight is 276 g/mol. The maximum absolute atomic E-state index is 11.0. The van der Waals surface area contributed by atoms with Gasteiger partial charge in [-0.05, 0) is 44.0 Å². The van der Waals surface area contributed by atoms with Crippen molar-refractivity contribution >= 4 is 22.7 Å². The number of nitrogens with zero attached hydrogens (tertiary/aromatic N) is 1. The Morgan fingerprint density at radius 2 is 2.00 bits per heavy atom. The first-order valence-corrected chi connectivity index (χ1v) is 6.84. The predicted molar refractivity (Wildman–Crippen MR) is 79.0 cm³/mol. The zero-order chi connectivity index (χ0) is 14.0. The van der Waals surface area contributed by atoms with Gasteiger partial charge in [0.25, 0.3) is 5.69 Å². The number of nitro groups is 1. The molecule has 2 rings (SSSR count). The topological polar surface area (TPSA) is 55.2 Å². The van der Waals surface area contributed by atoms with Crippen LogP contribution in [-0.4, -0.2) is 4.92 Å². The van der Waals surface area contributed by atoms with Crippen LogP contribution in [0.1, 0.15) is 20.9 Å². The van der Waals surface area contributed by atoms with Gasteiger partial charge in [-0.3, -0.25) is 10.1 Å². The number of benzene rings is 1. The van der Waals surface area contributed by atoms with Crippen LogP contribution in [0.15, 0.2) is 24.3 Å². The molecular formula is C14H16N2O2S. The Balaban J connectivity index is 2.19. The van der Waals surface area contributed by atoms with E-state index in [0.29, 0.717) is 12.2 Å². The molecule has 1 aromatic heterocycles. The van der Waals surface area contributed by atoms with Crippen LogP contribution in [0.25, 0.3) is 0 Å². The minimum absolute atomic E-state index is 0.121. The molecule has 0 amide bonds. The van der Waals surface area contributed by atoms with Gasteiger partial charge < -0.3 is 5.32 Å². The summed E-state index contributed by atoms with van der Waals surface area (Å²) in [5, 5.41) is 14.1. The molecule has 0 bridgehead atoms. The normalized spacial score (nSPS) is 10.5. The molecule has 2 aromatic rings. The third kappa shape index (κ3) is 3.12. The Kier molecular flexibility index (Phi) is 3.85. The summed E-state index contributed by atoms with van der Waals surface area (Å²) < 4.78 is 0. The summed E-state index contributed by atoms with van der Waals surface area (Å²) in [6.07, 6.45) is 0. The molecule has 0 aliphatic carbocycles. The van der Waals surface area contributed by atoms with E-state index in [-0.39, 0.29) is 10.6 Å². The lowest BCUT2D eigenvalue weighted by Gasteiger charge is -2.06. The van der Waals surface area contributed by atoms with E-state index >= 15 is 0 Å². The summed E-state index contributed by atoms with van der Waals surface area (Å²) in [6, 6.07) is 7.23. The van der Waals surface area contributed by atoms with E-state index in [4.69, 9.17) is 0 Å². The quantitative estimate of drug-likeness (QED) is 0.672. The predicted octanol–water partition coefficient (Wildman–Crippen LogP) is 4.19. The highest BCUT2D eigenvalue weighted by Crippen LogP contribution is 2.27. The van der Waals surface area contributed by atoms with Crippen LogP contribution in [0.2, 0.25) is 0 Å². The van der Waals surface area contributed by atoms with Crippen LogP contribution in [0.4, 0.5) is 11.4 Å². The smallest absolute Gasteiger partial charge is 0.292 e. The second-order valence-electron chi connectivity index (χ2n) is 4.58. The number of aryl methyl sites for hydroxylation is 3. The van der Waals surface area contributed by atoms with Crippen molar-refractivity contribution in [1.82, 2.24) is 0 Å². The van der Waals surface area contributed by atoms with Gasteiger partial charge in [0, 0.05) is 22.4 Å². The molecular weight excluding hydrogens is 260 g/mol. The largest absolute Gasteiger partial charge is 0.375 e. The molecule has 4 nitrogen and oxygen atoms in total. The molecule has 1 heterocycles. The van der Waals surface area contributed by atoms with Crippen LogP contribution in [0.3, 0.4) is 0 Å². The van der Waals surface area contributed by atoms with Crippen LogP contribution >= 0.6 is 11.3 Å². The van der Waals surface area contributed by atoms with Crippen LogP contribution in [0.5, 0.6) is 0 Å². The van der Waals surface area contributed by atoms with E-state index in [0.717, 1.165) is 5.56 Å². The van der Waals surface area contributed by atoms with E-state index in [1.54, 1.807) is 23.5 Å². The molecule has 0 spiro atoms. The number of rotatable bonds is 4. The molecule has 0 saturated heterocycles. The van der Waals surface area contributed by atoms with Gasteiger partial charge in [0.1, 0.15) is 5.69 Å². The molecule has 100 valence electrons. The lowest BCUT2D eigenvalue weighted by molar-refractivity contribution is -0.384. The Hall–Kier alpha value is -1.88. The minimum Gasteiger partial charge on any atom is -0.375 e. The van der Waals surface area contributed by atoms with E-state index < -0.39 is 0 Å². The molecule has 1 N–H and O–H groups in total. The SMILES string of the molecule is Cc1ccc([N+](=O)[O-])c(NCc2cc(C)c(C)s2)c1. The summed E-state index contributed by atoms with van der Waals surface area (Å²) >= 11 is 1.72. The fraction of sp³-hybridized carbons (Fsp3) is 0.286. The van der Waals surface area contributed by atoms with Crippen LogP contribution in [-0.2, 0) is 6.54 Å². The van der Waals surface area contributed by atoms with E-state index in [2.05, 4.69) is 25.2 Å². The monoisotopic (exact) mass is 276 g/mol. The molecule has 0 saturated carbocycles. The zero-order valence-electron chi connectivity index (χ0n) is 11.2. The van der Waals surface area contributed by atoms with Crippen molar-refractivity contribution in [2.75, 3.05) is 5.32 Å². The first-order valence-electron chi connectivity index (χ1n) is 6.02. The van der Waals surface area contributed by atoms with Gasteiger partial charge in [-0.15, -0.1) is 11.3 Å². The number of nitrogens with one attached hydrogen (secondary N) is 1. The van der Waals surface area contributed by atoms with Crippen molar-refractivity contribution < 1.29 is 4.92 Å². The van der Waals surface area contributed by atoms with Gasteiger partial charge in [-0.2, -0.15) is 0 Å². The second-order valence-corrected chi connectivity index (χ2v) is 5.92. The molecule has 0 fully saturated rings. The fourth-order valence-corrected chi connectivity index (χ4v) is 2.86. The summed E-state index contributed by atoms with van der Waals surface area (Å²) in [5.74, 6) is 0. The molecule has 0 aliphatic heterocycles. The first kappa shape index (κ1) is 13.5. The molecule has 0 unspecified atom stereocenters. The van der Waals surface area contributed by atoms with Crippen molar-refractivity contribution in [2.24, 2.45) is 0 Å². The van der Waals surface area contributed by atoms with Crippen LogP contribution < -0.4 is 5.32 Å². The lowest BCUT2D eigenvalue weighted by atomic mass is 10.2. The number of anilines is 1. The molecule has 0 radical (unpaired) electrons. The second kappa shape index (κ2) is 5.40. The highest BCUT2D eigenvalue weighted by Gasteiger charge is 2.13. The number of hydrogen-bond acceptors (Lipinski definition) is 4. The highest BCUT2D eigenvalue weighted by molar-refractivity contribution is 7.12. The number of hydrogen-bond donors (Lipinski definition) is 1. The van der Waals surface area contributed by atoms with E-state index in [1.165, 1.54) is 15.3 Å². The number of thiophene rings is 1. The maximum Gasteiger partial charge on any atom is 0.292 e. The summed E-state index contributed by atoms with van der Waals surface area (Å²) in [5.41, 5.74) is 2.97. The van der Waals surface area contributed by atoms with Crippen molar-refractivity contribution in [2.45, 2.75) is 27.3 Å². The molecule has 19 heavy (non-hydrogen) atoms. The minimum atomic E-state index is -0.354. The van der Waals surface area contributed by atoms with Crippen molar-refractivity contribution in [3.05, 3.63) is 55.3 Å². The van der Waals surface area contributed by atoms with Gasteiger partial charge in [0.15, 0.2) is 0 Å². The standard InChI is InChI=1S/C14H16N2O2S/c1-9-4-5-14(16(17)18)13(6-9)15-8-12-7-10(2)11(3)19-12/h4-7,15H,8H2,1-3H3. The number of nitro benzene ring substituents is 1. The van der Waals surface area contributed by atoms with Crippen molar-refractivity contribution in [1.29, 1.82) is 0 Å². The van der Waals surface area contributed by atoms with Gasteiger partial charge in [-0.1, -0.05) is 6.07 Å². The van der Waals surface area contributed by atoms with Crippen molar-refractivity contribution in [3.63, 3.8) is 0 Å². The van der Waals surface area contributed by atoms with Gasteiger partial charge in [0.2, 0.25) is 0 Å². The molecule has 0 atom stereocenters. The Labute approximate surface area is 116 Å². The lowest BCUT2D eigenvalue weighted by Crippen LogP contribution is -2.01. The van der Waals surface area contributed by atoms with Crippen molar-refractivity contribution in [3.8, 4) is 0 Å².